The summed E-state index contributed by atoms with van der Waals surface area (Å²) in [5, 5.41) is 25.0. The summed E-state index contributed by atoms with van der Waals surface area (Å²) in [6.45, 7) is 0. The van der Waals surface area contributed by atoms with Gasteiger partial charge in [0.05, 0.1) is 40.9 Å². The van der Waals surface area contributed by atoms with E-state index in [2.05, 4.69) is 15.3 Å². The molecule has 1 saturated carbocycles. The average Bonchev–Trinajstić information content (AvgIpc) is 2.88. The normalized spacial score (nSPS) is 19.0. The largest absolute Gasteiger partial charge is 0.391 e. The molecule has 0 bridgehead atoms. The number of amides is 2. The van der Waals surface area contributed by atoms with Crippen molar-refractivity contribution in [1.82, 2.24) is 15.3 Å². The molecule has 1 aliphatic rings. The summed E-state index contributed by atoms with van der Waals surface area (Å²) >= 11 is 0. The quantitative estimate of drug-likeness (QED) is 0.348. The highest BCUT2D eigenvalue weighted by Crippen LogP contribution is 2.43. The van der Waals surface area contributed by atoms with Crippen LogP contribution in [0.25, 0.3) is 11.0 Å². The van der Waals surface area contributed by atoms with E-state index < -0.39 is 54.2 Å². The van der Waals surface area contributed by atoms with E-state index >= 15 is 0 Å². The van der Waals surface area contributed by atoms with Crippen molar-refractivity contribution in [3.05, 3.63) is 72.1 Å². The van der Waals surface area contributed by atoms with E-state index in [1.807, 2.05) is 30.3 Å². The molecule has 2 amide bonds. The van der Waals surface area contributed by atoms with Crippen molar-refractivity contribution in [3.63, 3.8) is 0 Å². The van der Waals surface area contributed by atoms with Gasteiger partial charge in [-0.1, -0.05) is 42.5 Å². The van der Waals surface area contributed by atoms with Crippen molar-refractivity contribution in [2.45, 2.75) is 62.2 Å². The van der Waals surface area contributed by atoms with E-state index in [1.54, 1.807) is 24.3 Å². The first kappa shape index (κ1) is 26.6. The molecule has 3 atom stereocenters. The van der Waals surface area contributed by atoms with Crippen LogP contribution in [0.5, 0.6) is 0 Å². The highest BCUT2D eigenvalue weighted by atomic mass is 19.3. The van der Waals surface area contributed by atoms with E-state index in [-0.39, 0.29) is 31.4 Å². The predicted molar refractivity (Wildman–Crippen MR) is 133 cm³/mol. The van der Waals surface area contributed by atoms with Gasteiger partial charge in [-0.05, 0) is 43.4 Å². The molecule has 1 fully saturated rings. The maximum absolute atomic E-state index is 13.7. The fourth-order valence-electron chi connectivity index (χ4n) is 4.86. The second-order valence-electron chi connectivity index (χ2n) is 9.73. The third-order valence-electron chi connectivity index (χ3n) is 7.08. The van der Waals surface area contributed by atoms with E-state index in [9.17, 15) is 28.6 Å². The molecule has 1 aliphatic carbocycles. The van der Waals surface area contributed by atoms with Gasteiger partial charge in [-0.2, -0.15) is 0 Å². The first-order valence-electron chi connectivity index (χ1n) is 12.2. The predicted octanol–water partition coefficient (Wildman–Crippen LogP) is 2.76. The highest BCUT2D eigenvalue weighted by Gasteiger charge is 2.49. The van der Waals surface area contributed by atoms with Crippen LogP contribution in [-0.2, 0) is 11.2 Å². The number of carbonyl (C=O) groups excluding carboxylic acids is 2. The number of aromatic nitrogens is 2. The van der Waals surface area contributed by atoms with Gasteiger partial charge in [-0.25, -0.2) is 13.8 Å². The summed E-state index contributed by atoms with van der Waals surface area (Å²) in [7, 11) is 0. The molecule has 1 aromatic heterocycles. The molecule has 2 aromatic carbocycles. The van der Waals surface area contributed by atoms with Crippen LogP contribution in [0.4, 0.5) is 8.78 Å². The molecule has 0 unspecified atom stereocenters. The lowest BCUT2D eigenvalue weighted by Crippen LogP contribution is -2.53. The van der Waals surface area contributed by atoms with Crippen molar-refractivity contribution in [3.8, 4) is 0 Å². The number of primary amides is 1. The molecule has 37 heavy (non-hydrogen) atoms. The molecular weight excluding hydrogens is 482 g/mol. The summed E-state index contributed by atoms with van der Waals surface area (Å²) in [4.78, 5) is 34.0. The molecule has 0 radical (unpaired) electrons. The molecular formula is C27H30F2N4O4. The van der Waals surface area contributed by atoms with Crippen LogP contribution in [0, 0.1) is 5.92 Å². The Morgan fingerprint density at radius 2 is 1.62 bits per heavy atom. The summed E-state index contributed by atoms with van der Waals surface area (Å²) in [5.41, 5.74) is 5.80. The van der Waals surface area contributed by atoms with Crippen LogP contribution < -0.4 is 11.1 Å². The van der Waals surface area contributed by atoms with E-state index in [4.69, 9.17) is 5.73 Å². The third-order valence-corrected chi connectivity index (χ3v) is 7.08. The minimum Gasteiger partial charge on any atom is -0.391 e. The molecule has 0 aliphatic heterocycles. The van der Waals surface area contributed by atoms with E-state index in [0.717, 1.165) is 5.56 Å². The van der Waals surface area contributed by atoms with Gasteiger partial charge >= 0.3 is 0 Å². The molecule has 0 saturated heterocycles. The van der Waals surface area contributed by atoms with Crippen LogP contribution in [0.2, 0.25) is 0 Å². The Kier molecular flexibility index (Phi) is 7.79. The topological polar surface area (TPSA) is 138 Å². The lowest BCUT2D eigenvalue weighted by Gasteiger charge is -2.41. The van der Waals surface area contributed by atoms with Crippen LogP contribution >= 0.6 is 0 Å². The number of aliphatic hydroxyl groups is 2. The number of nitrogens with two attached hydrogens (primary N) is 1. The zero-order valence-electron chi connectivity index (χ0n) is 20.2. The Hall–Kier alpha value is -3.50. The highest BCUT2D eigenvalue weighted by molar-refractivity contribution is 5.94. The monoisotopic (exact) mass is 512 g/mol. The lowest BCUT2D eigenvalue weighted by atomic mass is 9.71. The molecule has 1 heterocycles. The van der Waals surface area contributed by atoms with Gasteiger partial charge in [0.1, 0.15) is 5.69 Å². The Morgan fingerprint density at radius 3 is 2.27 bits per heavy atom. The lowest BCUT2D eigenvalue weighted by molar-refractivity contribution is -0.152. The summed E-state index contributed by atoms with van der Waals surface area (Å²) < 4.78 is 27.4. The number of hydrogen-bond acceptors (Lipinski definition) is 6. The Bertz CT molecular complexity index is 1250. The number of benzene rings is 2. The standard InChI is InChI=1S/C27H30F2N4O4/c28-27(29)12-10-26(37,11-13-27)18(24(30)35)15-23(34)21(14-17-6-2-1-3-7-17)33-25(36)22-16-31-19-8-4-5-9-20(19)32-22/h1-9,16,18,21,23,34,37H,10-15H2,(H2,30,35)(H,33,36)/t18-,21+,23+/m1/s1. The third kappa shape index (κ3) is 6.44. The molecule has 0 spiro atoms. The maximum atomic E-state index is 13.7. The maximum Gasteiger partial charge on any atom is 0.271 e. The van der Waals surface area contributed by atoms with Crippen LogP contribution in [0.15, 0.2) is 60.8 Å². The van der Waals surface area contributed by atoms with E-state index in [1.165, 1.54) is 6.20 Å². The van der Waals surface area contributed by atoms with Gasteiger partial charge in [0, 0.05) is 12.8 Å². The fourth-order valence-corrected chi connectivity index (χ4v) is 4.86. The van der Waals surface area contributed by atoms with E-state index in [0.29, 0.717) is 11.0 Å². The average molecular weight is 513 g/mol. The molecule has 3 aromatic rings. The van der Waals surface area contributed by atoms with Gasteiger partial charge in [-0.15, -0.1) is 0 Å². The number of rotatable bonds is 9. The molecule has 10 heteroatoms. The van der Waals surface area contributed by atoms with Crippen LogP contribution in [0.1, 0.15) is 48.2 Å². The number of fused-ring (bicyclic) bond motifs is 1. The van der Waals surface area contributed by atoms with Gasteiger partial charge < -0.3 is 21.3 Å². The molecule has 4 rings (SSSR count). The number of carbonyl (C=O) groups is 2. The smallest absolute Gasteiger partial charge is 0.271 e. The van der Waals surface area contributed by atoms with Gasteiger partial charge in [-0.3, -0.25) is 14.6 Å². The van der Waals surface area contributed by atoms with Crippen LogP contribution in [-0.4, -0.2) is 55.7 Å². The zero-order valence-corrected chi connectivity index (χ0v) is 20.2. The fraction of sp³-hybridized carbons (Fsp3) is 0.407. The minimum absolute atomic E-state index is 0.0450. The summed E-state index contributed by atoms with van der Waals surface area (Å²) in [6, 6.07) is 15.3. The van der Waals surface area contributed by atoms with Crippen molar-refractivity contribution < 1.29 is 28.6 Å². The molecule has 8 nitrogen and oxygen atoms in total. The Labute approximate surface area is 212 Å². The molecule has 5 N–H and O–H groups in total. The Balaban J connectivity index is 1.55. The Morgan fingerprint density at radius 1 is 1.00 bits per heavy atom. The minimum atomic E-state index is -2.92. The van der Waals surface area contributed by atoms with Crippen LogP contribution in [0.3, 0.4) is 0 Å². The number of nitrogens with zero attached hydrogens (tertiary/aromatic N) is 2. The number of alkyl halides is 2. The number of aliphatic hydroxyl groups excluding tert-OH is 1. The van der Waals surface area contributed by atoms with Gasteiger partial charge in [0.25, 0.3) is 5.91 Å². The number of para-hydroxylation sites is 2. The first-order chi connectivity index (χ1) is 17.6. The van der Waals surface area contributed by atoms with Crippen molar-refractivity contribution >= 4 is 22.8 Å². The summed E-state index contributed by atoms with van der Waals surface area (Å²) in [6.07, 6.45) is -1.87. The number of nitrogens with one attached hydrogen (secondary N) is 1. The number of hydrogen-bond donors (Lipinski definition) is 4. The van der Waals surface area contributed by atoms with Crippen molar-refractivity contribution in [2.24, 2.45) is 11.7 Å². The number of halogens is 2. The van der Waals surface area contributed by atoms with Crippen molar-refractivity contribution in [1.29, 1.82) is 0 Å². The van der Waals surface area contributed by atoms with Gasteiger partial charge in [0.15, 0.2) is 0 Å². The van der Waals surface area contributed by atoms with Crippen molar-refractivity contribution in [2.75, 3.05) is 0 Å². The molecule has 196 valence electrons. The second-order valence-corrected chi connectivity index (χ2v) is 9.73. The van der Waals surface area contributed by atoms with Gasteiger partial charge in [0.2, 0.25) is 11.8 Å². The second kappa shape index (κ2) is 10.9. The summed E-state index contributed by atoms with van der Waals surface area (Å²) in [5.74, 6) is -5.66. The first-order valence-corrected chi connectivity index (χ1v) is 12.2. The zero-order chi connectivity index (χ0) is 26.6. The SMILES string of the molecule is NC(=O)[C@@H](C[C@H](O)[C@H](Cc1ccccc1)NC(=O)c1cnc2ccccc2n1)C1(O)CCC(F)(F)CC1.